The van der Waals surface area contributed by atoms with E-state index in [1.807, 2.05) is 30.3 Å². The van der Waals surface area contributed by atoms with E-state index in [4.69, 9.17) is 10.5 Å². The number of amides is 5. The lowest BCUT2D eigenvalue weighted by molar-refractivity contribution is -0.141. The Balaban J connectivity index is 2.03. The second-order valence-electron chi connectivity index (χ2n) is 10.9. The number of carbonyl (C=O) groups is 6. The molecule has 1 aliphatic heterocycles. The van der Waals surface area contributed by atoms with Gasteiger partial charge in [-0.05, 0) is 53.0 Å². The first-order valence-electron chi connectivity index (χ1n) is 13.6. The molecule has 0 aromatic heterocycles. The molecule has 1 heterocycles. The van der Waals surface area contributed by atoms with Gasteiger partial charge in [0.05, 0.1) is 0 Å². The molecular weight excluding hydrogens is 550 g/mol. The molecule has 1 aromatic carbocycles. The van der Waals surface area contributed by atoms with Crippen molar-refractivity contribution in [3.63, 3.8) is 0 Å². The molecule has 226 valence electrons. The molecule has 0 unspecified atom stereocenters. The van der Waals surface area contributed by atoms with E-state index in [2.05, 4.69) is 16.0 Å². The lowest BCUT2D eigenvalue weighted by Gasteiger charge is -2.29. The second-order valence-corrected chi connectivity index (χ2v) is 12.0. The van der Waals surface area contributed by atoms with Crippen LogP contribution in [0, 0.1) is 0 Å². The summed E-state index contributed by atoms with van der Waals surface area (Å²) in [5.74, 6) is -1.84. The number of nitrogens with zero attached hydrogens (tertiary/aromatic N) is 1. The zero-order valence-corrected chi connectivity index (χ0v) is 25.0. The van der Waals surface area contributed by atoms with Gasteiger partial charge in [-0.1, -0.05) is 42.1 Å². The topological polar surface area (TPSA) is 177 Å². The molecular formula is C28H41N5O7S. The molecule has 0 radical (unpaired) electrons. The summed E-state index contributed by atoms with van der Waals surface area (Å²) >= 11 is 0.924. The molecule has 0 spiro atoms. The fourth-order valence-electron chi connectivity index (χ4n) is 4.17. The van der Waals surface area contributed by atoms with Crippen LogP contribution in [0.25, 0.3) is 0 Å². The highest BCUT2D eigenvalue weighted by molar-refractivity contribution is 8.13. The maximum absolute atomic E-state index is 13.3. The zero-order valence-electron chi connectivity index (χ0n) is 24.2. The van der Waals surface area contributed by atoms with Crippen molar-refractivity contribution in [1.82, 2.24) is 20.9 Å². The minimum Gasteiger partial charge on any atom is -0.444 e. The van der Waals surface area contributed by atoms with Gasteiger partial charge in [-0.25, -0.2) is 4.79 Å². The average Bonchev–Trinajstić information content (AvgIpc) is 3.37. The summed E-state index contributed by atoms with van der Waals surface area (Å²) < 4.78 is 5.15. The number of likely N-dealkylation sites (tertiary alicyclic amines) is 1. The summed E-state index contributed by atoms with van der Waals surface area (Å²) in [5, 5.41) is 7.50. The van der Waals surface area contributed by atoms with E-state index in [1.54, 1.807) is 20.8 Å². The van der Waals surface area contributed by atoms with E-state index in [0.717, 1.165) is 17.3 Å². The summed E-state index contributed by atoms with van der Waals surface area (Å²) in [7, 11) is 0. The largest absolute Gasteiger partial charge is 0.444 e. The number of rotatable bonds is 12. The molecule has 13 heteroatoms. The quantitative estimate of drug-likeness (QED) is 0.281. The molecule has 4 atom stereocenters. The third kappa shape index (κ3) is 11.4. The average molecular weight is 592 g/mol. The minimum absolute atomic E-state index is 0.0306. The van der Waals surface area contributed by atoms with Gasteiger partial charge in [0.15, 0.2) is 0 Å². The van der Waals surface area contributed by atoms with Gasteiger partial charge in [0, 0.05) is 25.1 Å². The highest BCUT2D eigenvalue weighted by Gasteiger charge is 2.38. The number of primary amides is 1. The number of carbonyl (C=O) groups excluding carboxylic acids is 6. The molecule has 2 rings (SSSR count). The van der Waals surface area contributed by atoms with E-state index in [1.165, 1.54) is 18.7 Å². The lowest BCUT2D eigenvalue weighted by atomic mass is 10.1. The van der Waals surface area contributed by atoms with E-state index < -0.39 is 59.5 Å². The van der Waals surface area contributed by atoms with Crippen molar-refractivity contribution in [2.45, 2.75) is 90.1 Å². The van der Waals surface area contributed by atoms with E-state index in [-0.39, 0.29) is 23.7 Å². The summed E-state index contributed by atoms with van der Waals surface area (Å²) in [5.41, 5.74) is 5.28. The number of nitrogens with two attached hydrogens (primary N) is 1. The van der Waals surface area contributed by atoms with Gasteiger partial charge in [0.2, 0.25) is 28.7 Å². The number of thioether (sulfide) groups is 1. The van der Waals surface area contributed by atoms with Gasteiger partial charge in [-0.2, -0.15) is 0 Å². The van der Waals surface area contributed by atoms with E-state index in [9.17, 15) is 28.8 Å². The first-order chi connectivity index (χ1) is 19.2. The zero-order chi connectivity index (χ0) is 30.7. The maximum Gasteiger partial charge on any atom is 0.408 e. The van der Waals surface area contributed by atoms with Crippen molar-refractivity contribution >= 4 is 46.6 Å². The molecule has 5 N–H and O–H groups in total. The van der Waals surface area contributed by atoms with Crippen LogP contribution in [0.5, 0.6) is 0 Å². The monoisotopic (exact) mass is 591 g/mol. The highest BCUT2D eigenvalue weighted by atomic mass is 32.2. The Hall–Kier alpha value is -3.61. The van der Waals surface area contributed by atoms with Crippen LogP contribution in [0.4, 0.5) is 4.79 Å². The predicted molar refractivity (Wildman–Crippen MR) is 155 cm³/mol. The van der Waals surface area contributed by atoms with Crippen molar-refractivity contribution in [2.75, 3.05) is 12.3 Å². The van der Waals surface area contributed by atoms with Crippen molar-refractivity contribution in [2.24, 2.45) is 5.73 Å². The minimum atomic E-state index is -0.968. The standard InChI is InChI=1S/C28H41N5O7S/c1-17(31-27(39)40-28(3,4)5)23(35)30-18(2)25(37)33-14-9-12-21(33)24(36)32-20(16-19-10-7-6-8-11-19)26(38)41-15-13-22(29)34/h6-8,10-11,17-18,20-21H,9,12-16H2,1-5H3,(H2,29,34)(H,30,35)(H,31,39)(H,32,36)/t17-,18-,20-,21-/m0/s1. The summed E-state index contributed by atoms with van der Waals surface area (Å²) in [6, 6.07) is 5.56. The van der Waals surface area contributed by atoms with Gasteiger partial charge in [0.25, 0.3) is 0 Å². The lowest BCUT2D eigenvalue weighted by Crippen LogP contribution is -2.56. The van der Waals surface area contributed by atoms with Crippen LogP contribution in [0.1, 0.15) is 59.4 Å². The Labute approximate surface area is 244 Å². The maximum atomic E-state index is 13.3. The Kier molecular flexibility index (Phi) is 12.6. The Bertz CT molecular complexity index is 1110. The van der Waals surface area contributed by atoms with Crippen molar-refractivity contribution in [3.05, 3.63) is 35.9 Å². The van der Waals surface area contributed by atoms with Crippen LogP contribution < -0.4 is 21.7 Å². The molecule has 0 bridgehead atoms. The molecule has 0 saturated carbocycles. The van der Waals surface area contributed by atoms with E-state index >= 15 is 0 Å². The van der Waals surface area contributed by atoms with E-state index in [0.29, 0.717) is 19.4 Å². The van der Waals surface area contributed by atoms with Crippen molar-refractivity contribution < 1.29 is 33.5 Å². The number of ether oxygens (including phenoxy) is 1. The van der Waals surface area contributed by atoms with Crippen LogP contribution in [-0.2, 0) is 35.1 Å². The number of benzene rings is 1. The third-order valence-electron chi connectivity index (χ3n) is 6.17. The fourth-order valence-corrected chi connectivity index (χ4v) is 5.01. The van der Waals surface area contributed by atoms with Gasteiger partial charge in [-0.3, -0.25) is 24.0 Å². The summed E-state index contributed by atoms with van der Waals surface area (Å²) in [6.45, 7) is 8.38. The van der Waals surface area contributed by atoms with Crippen LogP contribution in [0.3, 0.4) is 0 Å². The molecule has 0 aliphatic carbocycles. The van der Waals surface area contributed by atoms with Crippen LogP contribution in [0.2, 0.25) is 0 Å². The van der Waals surface area contributed by atoms with Gasteiger partial charge in [0.1, 0.15) is 29.8 Å². The molecule has 1 aromatic rings. The van der Waals surface area contributed by atoms with Gasteiger partial charge in [-0.15, -0.1) is 0 Å². The van der Waals surface area contributed by atoms with Crippen molar-refractivity contribution in [3.8, 4) is 0 Å². The third-order valence-corrected chi connectivity index (χ3v) is 7.15. The molecule has 1 fully saturated rings. The second kappa shape index (κ2) is 15.4. The highest BCUT2D eigenvalue weighted by Crippen LogP contribution is 2.20. The molecule has 41 heavy (non-hydrogen) atoms. The first kappa shape index (κ1) is 33.6. The Morgan fingerprint density at radius 3 is 2.29 bits per heavy atom. The molecule has 12 nitrogen and oxygen atoms in total. The molecule has 1 saturated heterocycles. The summed E-state index contributed by atoms with van der Waals surface area (Å²) in [6.07, 6.45) is 0.484. The van der Waals surface area contributed by atoms with Gasteiger partial charge < -0.3 is 31.3 Å². The first-order valence-corrected chi connectivity index (χ1v) is 14.6. The molecule has 1 aliphatic rings. The Morgan fingerprint density at radius 2 is 1.68 bits per heavy atom. The normalized spacial score (nSPS) is 17.1. The van der Waals surface area contributed by atoms with Crippen LogP contribution in [0.15, 0.2) is 30.3 Å². The smallest absolute Gasteiger partial charge is 0.408 e. The number of hydrogen-bond acceptors (Lipinski definition) is 8. The number of nitrogens with one attached hydrogen (secondary N) is 3. The molecule has 5 amide bonds. The number of hydrogen-bond donors (Lipinski definition) is 4. The van der Waals surface area contributed by atoms with Crippen LogP contribution >= 0.6 is 11.8 Å². The van der Waals surface area contributed by atoms with Gasteiger partial charge >= 0.3 is 6.09 Å². The predicted octanol–water partition coefficient (Wildman–Crippen LogP) is 1.26. The summed E-state index contributed by atoms with van der Waals surface area (Å²) in [4.78, 5) is 76.6. The SMILES string of the molecule is C[C@H](NC(=O)OC(C)(C)C)C(=O)N[C@@H](C)C(=O)N1CCC[C@H]1C(=O)N[C@@H](Cc1ccccc1)C(=O)SCCC(N)=O. The Morgan fingerprint density at radius 1 is 1.02 bits per heavy atom. The number of alkyl carbamates (subject to hydrolysis) is 1. The van der Waals surface area contributed by atoms with Crippen LogP contribution in [-0.4, -0.2) is 81.8 Å². The fraction of sp³-hybridized carbons (Fsp3) is 0.571. The van der Waals surface area contributed by atoms with Crippen molar-refractivity contribution in [1.29, 1.82) is 0 Å².